The summed E-state index contributed by atoms with van der Waals surface area (Å²) in [5.74, 6) is -0.345. The second-order valence-corrected chi connectivity index (χ2v) is 12.8. The van der Waals surface area contributed by atoms with Crippen molar-refractivity contribution < 1.29 is 22.7 Å². The lowest BCUT2D eigenvalue weighted by molar-refractivity contribution is -0.139. The molecule has 11 heteroatoms. The quantitative estimate of drug-likeness (QED) is 0.262. The molecule has 1 N–H and O–H groups in total. The van der Waals surface area contributed by atoms with E-state index in [1.165, 1.54) is 17.0 Å². The van der Waals surface area contributed by atoms with Gasteiger partial charge in [-0.3, -0.25) is 13.9 Å². The molecule has 0 radical (unpaired) electrons. The van der Waals surface area contributed by atoms with Crippen molar-refractivity contribution in [2.75, 3.05) is 17.5 Å². The van der Waals surface area contributed by atoms with Crippen molar-refractivity contribution in [2.45, 2.75) is 63.1 Å². The Labute approximate surface area is 257 Å². The van der Waals surface area contributed by atoms with E-state index < -0.39 is 28.5 Å². The van der Waals surface area contributed by atoms with Crippen LogP contribution in [0.4, 0.5) is 5.69 Å². The van der Waals surface area contributed by atoms with Crippen LogP contribution in [0.15, 0.2) is 77.7 Å². The predicted octanol–water partition coefficient (Wildman–Crippen LogP) is 6.06. The van der Waals surface area contributed by atoms with Gasteiger partial charge in [-0.1, -0.05) is 60.3 Å². The largest absolute Gasteiger partial charge is 0.494 e. The van der Waals surface area contributed by atoms with E-state index in [1.807, 2.05) is 6.92 Å². The zero-order valence-electron chi connectivity index (χ0n) is 23.6. The van der Waals surface area contributed by atoms with Gasteiger partial charge in [-0.25, -0.2) is 8.42 Å². The fourth-order valence-electron chi connectivity index (χ4n) is 4.95. The third kappa shape index (κ3) is 7.56. The highest BCUT2D eigenvalue weighted by Gasteiger charge is 2.34. The first-order chi connectivity index (χ1) is 20.1. The molecule has 8 nitrogen and oxygen atoms in total. The lowest BCUT2D eigenvalue weighted by atomic mass is 10.1. The maximum Gasteiger partial charge on any atom is 0.264 e. The number of hydrogen-bond donors (Lipinski definition) is 1. The molecule has 1 saturated carbocycles. The van der Waals surface area contributed by atoms with E-state index in [1.54, 1.807) is 67.6 Å². The van der Waals surface area contributed by atoms with E-state index in [2.05, 4.69) is 5.32 Å². The summed E-state index contributed by atoms with van der Waals surface area (Å²) >= 11 is 12.9. The molecule has 4 rings (SSSR count). The summed E-state index contributed by atoms with van der Waals surface area (Å²) in [6.45, 7) is 3.28. The van der Waals surface area contributed by atoms with Crippen LogP contribution in [-0.2, 0) is 26.2 Å². The summed E-state index contributed by atoms with van der Waals surface area (Å²) in [7, 11) is -4.17. The molecule has 3 aromatic carbocycles. The molecule has 2 amide bonds. The lowest BCUT2D eigenvalue weighted by Crippen LogP contribution is -2.52. The zero-order valence-corrected chi connectivity index (χ0v) is 26.0. The molecule has 0 saturated heterocycles. The molecular formula is C31H35Cl2N3O5S. The van der Waals surface area contributed by atoms with Crippen LogP contribution in [0.3, 0.4) is 0 Å². The smallest absolute Gasteiger partial charge is 0.264 e. The molecule has 42 heavy (non-hydrogen) atoms. The van der Waals surface area contributed by atoms with Crippen molar-refractivity contribution in [3.8, 4) is 5.75 Å². The number of halogens is 2. The number of benzene rings is 3. The highest BCUT2D eigenvalue weighted by Crippen LogP contribution is 2.29. The first-order valence-electron chi connectivity index (χ1n) is 13.9. The van der Waals surface area contributed by atoms with Gasteiger partial charge in [-0.2, -0.15) is 0 Å². The Morgan fingerprint density at radius 2 is 1.57 bits per heavy atom. The van der Waals surface area contributed by atoms with Gasteiger partial charge in [0.1, 0.15) is 18.3 Å². The summed E-state index contributed by atoms with van der Waals surface area (Å²) < 4.78 is 34.4. The molecule has 224 valence electrons. The fourth-order valence-corrected chi connectivity index (χ4v) is 6.90. The number of rotatable bonds is 12. The van der Waals surface area contributed by atoms with Crippen LogP contribution in [-0.4, -0.2) is 50.4 Å². The first-order valence-corrected chi connectivity index (χ1v) is 16.1. The number of carbonyl (C=O) groups excluding carboxylic acids is 2. The van der Waals surface area contributed by atoms with E-state index in [0.29, 0.717) is 28.0 Å². The van der Waals surface area contributed by atoms with Gasteiger partial charge < -0.3 is 15.0 Å². The van der Waals surface area contributed by atoms with Gasteiger partial charge in [-0.05, 0) is 75.2 Å². The SMILES string of the molecule is CCOc1ccc(N(CC(=O)N(Cc2c(Cl)cccc2Cl)[C@H](C)C(=O)NC2CCCC2)S(=O)(=O)c2ccccc2)cc1. The van der Waals surface area contributed by atoms with Crippen LogP contribution in [0.5, 0.6) is 5.75 Å². The van der Waals surface area contributed by atoms with Crippen molar-refractivity contribution >= 4 is 50.7 Å². The maximum absolute atomic E-state index is 14.1. The molecule has 0 spiro atoms. The number of sulfonamides is 1. The molecule has 0 aliphatic heterocycles. The second kappa shape index (κ2) is 14.3. The van der Waals surface area contributed by atoms with Crippen LogP contribution in [0.2, 0.25) is 10.0 Å². The van der Waals surface area contributed by atoms with E-state index in [0.717, 1.165) is 30.0 Å². The minimum absolute atomic E-state index is 0.0272. The number of nitrogens with zero attached hydrogens (tertiary/aromatic N) is 2. The Bertz CT molecular complexity index is 1460. The van der Waals surface area contributed by atoms with Crippen molar-refractivity contribution in [3.63, 3.8) is 0 Å². The number of anilines is 1. The molecule has 1 aliphatic carbocycles. The Kier molecular flexibility index (Phi) is 10.8. The van der Waals surface area contributed by atoms with Gasteiger partial charge in [0.2, 0.25) is 11.8 Å². The lowest BCUT2D eigenvalue weighted by Gasteiger charge is -2.33. The topological polar surface area (TPSA) is 96.0 Å². The molecule has 0 heterocycles. The van der Waals surface area contributed by atoms with Crippen molar-refractivity contribution in [3.05, 3.63) is 88.4 Å². The number of carbonyl (C=O) groups is 2. The Morgan fingerprint density at radius 1 is 0.952 bits per heavy atom. The standard InChI is InChI=1S/C31H35Cl2N3O5S/c1-3-41-25-18-16-24(17-19-25)36(42(39,40)26-12-5-4-6-13-26)21-30(37)35(20-27-28(32)14-9-15-29(27)33)22(2)31(38)34-23-10-7-8-11-23/h4-6,9,12-19,22-23H,3,7-8,10-11,20-21H2,1-2H3,(H,34,38)/t22-/m1/s1. The highest BCUT2D eigenvalue weighted by molar-refractivity contribution is 7.92. The van der Waals surface area contributed by atoms with Crippen LogP contribution in [0.1, 0.15) is 45.1 Å². The molecule has 0 unspecified atom stereocenters. The number of nitrogens with one attached hydrogen (secondary N) is 1. The number of ether oxygens (including phenoxy) is 1. The summed E-state index contributed by atoms with van der Waals surface area (Å²) in [6, 6.07) is 18.5. The molecule has 0 aromatic heterocycles. The van der Waals surface area contributed by atoms with Crippen LogP contribution in [0.25, 0.3) is 0 Å². The molecule has 3 aromatic rings. The number of hydrogen-bond acceptors (Lipinski definition) is 5. The molecular weight excluding hydrogens is 597 g/mol. The summed E-state index contributed by atoms with van der Waals surface area (Å²) in [5, 5.41) is 3.72. The molecule has 1 atom stereocenters. The minimum atomic E-state index is -4.17. The van der Waals surface area contributed by atoms with Gasteiger partial charge in [0.15, 0.2) is 0 Å². The highest BCUT2D eigenvalue weighted by atomic mass is 35.5. The Morgan fingerprint density at radius 3 is 2.17 bits per heavy atom. The average molecular weight is 633 g/mol. The first kappa shape index (κ1) is 31.7. The summed E-state index contributed by atoms with van der Waals surface area (Å²) in [4.78, 5) is 28.8. The minimum Gasteiger partial charge on any atom is -0.494 e. The van der Waals surface area contributed by atoms with Gasteiger partial charge in [-0.15, -0.1) is 0 Å². The van der Waals surface area contributed by atoms with E-state index in [-0.39, 0.29) is 29.1 Å². The third-order valence-electron chi connectivity index (χ3n) is 7.30. The average Bonchev–Trinajstić information content (AvgIpc) is 3.49. The monoisotopic (exact) mass is 631 g/mol. The summed E-state index contributed by atoms with van der Waals surface area (Å²) in [6.07, 6.45) is 3.82. The van der Waals surface area contributed by atoms with Crippen molar-refractivity contribution in [1.29, 1.82) is 0 Å². The van der Waals surface area contributed by atoms with Gasteiger partial charge in [0.05, 0.1) is 17.2 Å². The molecule has 1 aliphatic rings. The van der Waals surface area contributed by atoms with Crippen LogP contribution >= 0.6 is 23.2 Å². The van der Waals surface area contributed by atoms with E-state index >= 15 is 0 Å². The van der Waals surface area contributed by atoms with Crippen molar-refractivity contribution in [1.82, 2.24) is 10.2 Å². The normalized spacial score (nSPS) is 14.3. The Hall–Kier alpha value is -3.27. The van der Waals surface area contributed by atoms with Crippen LogP contribution in [0, 0.1) is 0 Å². The van der Waals surface area contributed by atoms with Crippen molar-refractivity contribution in [2.24, 2.45) is 0 Å². The Balaban J connectivity index is 1.71. The van der Waals surface area contributed by atoms with E-state index in [4.69, 9.17) is 27.9 Å². The fraction of sp³-hybridized carbons (Fsp3) is 0.355. The van der Waals surface area contributed by atoms with Gasteiger partial charge >= 0.3 is 0 Å². The maximum atomic E-state index is 14.1. The van der Waals surface area contributed by atoms with Gasteiger partial charge in [0.25, 0.3) is 10.0 Å². The number of amides is 2. The second-order valence-electron chi connectivity index (χ2n) is 10.1. The molecule has 1 fully saturated rings. The molecule has 0 bridgehead atoms. The van der Waals surface area contributed by atoms with Gasteiger partial charge in [0, 0.05) is 28.2 Å². The van der Waals surface area contributed by atoms with E-state index in [9.17, 15) is 18.0 Å². The zero-order chi connectivity index (χ0) is 30.3. The third-order valence-corrected chi connectivity index (χ3v) is 9.80. The summed E-state index contributed by atoms with van der Waals surface area (Å²) in [5.41, 5.74) is 0.739. The predicted molar refractivity (Wildman–Crippen MR) is 165 cm³/mol. The van der Waals surface area contributed by atoms with Crippen LogP contribution < -0.4 is 14.4 Å².